The molecule has 3 N–H and O–H groups in total. The van der Waals surface area contributed by atoms with Gasteiger partial charge in [0.1, 0.15) is 17.8 Å². The van der Waals surface area contributed by atoms with Crippen molar-refractivity contribution in [3.05, 3.63) is 118 Å². The third-order valence-corrected chi connectivity index (χ3v) is 12.7. The molecule has 0 unspecified atom stereocenters. The zero-order valence-electron chi connectivity index (χ0n) is 33.0. The molecule has 0 spiro atoms. The van der Waals surface area contributed by atoms with Gasteiger partial charge >= 0.3 is 5.97 Å². The number of hydrogen-bond acceptors (Lipinski definition) is 9. The highest BCUT2D eigenvalue weighted by Gasteiger charge is 2.27. The van der Waals surface area contributed by atoms with E-state index in [2.05, 4.69) is 41.4 Å². The smallest absolute Gasteiger partial charge is 0.325 e. The molecule has 0 saturated heterocycles. The summed E-state index contributed by atoms with van der Waals surface area (Å²) < 4.78 is 34.3. The van der Waals surface area contributed by atoms with Gasteiger partial charge in [0.25, 0.3) is 5.91 Å². The molecule has 2 amide bonds. The summed E-state index contributed by atoms with van der Waals surface area (Å²) in [5.41, 5.74) is 3.63. The van der Waals surface area contributed by atoms with E-state index >= 15 is 0 Å². The van der Waals surface area contributed by atoms with Crippen LogP contribution < -0.4 is 15.4 Å². The summed E-state index contributed by atoms with van der Waals surface area (Å²) in [5, 5.41) is 14.6. The second-order valence-electron chi connectivity index (χ2n) is 14.8. The number of hydrogen-bond donors (Lipinski definition) is 3. The Hall–Kier alpha value is -5.44. The molecule has 300 valence electrons. The molecule has 3 aromatic carbocycles. The van der Waals surface area contributed by atoms with E-state index in [-0.39, 0.29) is 23.3 Å². The Bertz CT molecular complexity index is 2250. The molecular weight excluding hydrogens is 763 g/mol. The number of sulfonamides is 1. The number of rotatable bonds is 17. The lowest BCUT2D eigenvalue weighted by molar-refractivity contribution is -0.141. The molecule has 2 heterocycles. The van der Waals surface area contributed by atoms with Crippen LogP contribution in [0.2, 0.25) is 0 Å². The fourth-order valence-corrected chi connectivity index (χ4v) is 8.28. The van der Waals surface area contributed by atoms with Crippen molar-refractivity contribution < 1.29 is 32.6 Å². The summed E-state index contributed by atoms with van der Waals surface area (Å²) in [6.07, 6.45) is 5.05. The van der Waals surface area contributed by atoms with E-state index in [1.165, 1.54) is 22.6 Å². The van der Waals surface area contributed by atoms with Crippen molar-refractivity contribution in [2.75, 3.05) is 13.7 Å². The molecule has 0 fully saturated rings. The average Bonchev–Trinajstić information content (AvgIpc) is 3.72. The first-order valence-electron chi connectivity index (χ1n) is 18.7. The second kappa shape index (κ2) is 18.7. The van der Waals surface area contributed by atoms with E-state index < -0.39 is 39.9 Å². The number of thiophene rings is 1. The van der Waals surface area contributed by atoms with Crippen molar-refractivity contribution >= 4 is 39.1 Å². The zero-order valence-corrected chi connectivity index (χ0v) is 34.6. The molecule has 0 radical (unpaired) electrons. The number of nitrogens with zero attached hydrogens (tertiary/aromatic N) is 3. The van der Waals surface area contributed by atoms with E-state index in [9.17, 15) is 27.9 Å². The van der Waals surface area contributed by atoms with Crippen LogP contribution in [-0.2, 0) is 38.0 Å². The number of aromatic nitrogens is 2. The Balaban J connectivity index is 1.27. The third kappa shape index (κ3) is 11.1. The largest absolute Gasteiger partial charge is 0.497 e. The lowest BCUT2D eigenvalue weighted by atomic mass is 9.95. The van der Waals surface area contributed by atoms with Gasteiger partial charge in [-0.1, -0.05) is 82.6 Å². The number of benzene rings is 3. The summed E-state index contributed by atoms with van der Waals surface area (Å²) in [6.45, 7) is 10.2. The van der Waals surface area contributed by atoms with Gasteiger partial charge in [-0.25, -0.2) is 18.4 Å². The highest BCUT2D eigenvalue weighted by molar-refractivity contribution is 7.89. The minimum atomic E-state index is -3.77. The van der Waals surface area contributed by atoms with Gasteiger partial charge in [-0.15, -0.1) is 11.3 Å². The average molecular weight is 812 g/mol. The predicted octanol–water partition coefficient (Wildman–Crippen LogP) is 7.10. The predicted molar refractivity (Wildman–Crippen MR) is 222 cm³/mol. The van der Waals surface area contributed by atoms with Crippen LogP contribution in [0.3, 0.4) is 0 Å². The van der Waals surface area contributed by atoms with Crippen LogP contribution in [0.5, 0.6) is 5.75 Å². The Morgan fingerprint density at radius 2 is 1.46 bits per heavy atom. The lowest BCUT2D eigenvalue weighted by Gasteiger charge is -2.22. The van der Waals surface area contributed by atoms with Gasteiger partial charge in [-0.05, 0) is 71.8 Å². The zero-order chi connectivity index (χ0) is 41.3. The summed E-state index contributed by atoms with van der Waals surface area (Å²) in [7, 11) is -2.18. The monoisotopic (exact) mass is 811 g/mol. The Kier molecular flexibility index (Phi) is 14.0. The number of aliphatic carboxylic acids is 1. The first-order valence-corrected chi connectivity index (χ1v) is 20.9. The normalized spacial score (nSPS) is 12.8. The number of carbonyl (C=O) groups is 3. The summed E-state index contributed by atoms with van der Waals surface area (Å²) in [5.74, 6) is -1.05. The molecule has 2 atom stereocenters. The van der Waals surface area contributed by atoms with E-state index in [0.717, 1.165) is 34.4 Å². The molecule has 0 aliphatic rings. The van der Waals surface area contributed by atoms with E-state index in [0.29, 0.717) is 34.1 Å². The van der Waals surface area contributed by atoms with Crippen LogP contribution in [0, 0.1) is 0 Å². The molecular formula is C43H49N5O7S2. The first-order chi connectivity index (χ1) is 27.1. The summed E-state index contributed by atoms with van der Waals surface area (Å²) in [6, 6.07) is 22.8. The molecule has 0 saturated carbocycles. The van der Waals surface area contributed by atoms with Gasteiger partial charge in [-0.3, -0.25) is 14.4 Å². The van der Waals surface area contributed by atoms with Gasteiger partial charge in [0.2, 0.25) is 15.9 Å². The lowest BCUT2D eigenvalue weighted by Crippen LogP contribution is -2.51. The standard InChI is InChI=1S/C43H49N5O7S2/c1-7-8-23-48(27-30-11-17-34(55-6)18-12-30)57(53,54)35-19-15-31(16-20-35)33-25-44-39(45-26-33)32-13-9-29(10-14-32)24-36(40(49)46-28(2)42(51)52)47-41(50)37-21-22-38(56-37)43(3,4)5/h9-22,25-26,28,36H,7-8,23-24,27H2,1-6H3,(H,46,49)(H,47,50)(H,51,52)/t28-,36+/m1/s1. The molecule has 0 bridgehead atoms. The number of methoxy groups -OCH3 is 1. The molecule has 14 heteroatoms. The summed E-state index contributed by atoms with van der Waals surface area (Å²) in [4.78, 5) is 48.7. The van der Waals surface area contributed by atoms with Crippen molar-refractivity contribution in [3.63, 3.8) is 0 Å². The van der Waals surface area contributed by atoms with E-state index in [1.54, 1.807) is 62.0 Å². The van der Waals surface area contributed by atoms with Crippen LogP contribution in [0.25, 0.3) is 22.5 Å². The number of carboxylic acid groups (broad SMARTS) is 1. The van der Waals surface area contributed by atoms with Crippen molar-refractivity contribution in [2.45, 2.75) is 82.8 Å². The first kappa shape index (κ1) is 42.7. The van der Waals surface area contributed by atoms with Gasteiger partial charge in [0.05, 0.1) is 16.9 Å². The minimum Gasteiger partial charge on any atom is -0.497 e. The van der Waals surface area contributed by atoms with Crippen LogP contribution >= 0.6 is 11.3 Å². The molecule has 12 nitrogen and oxygen atoms in total. The minimum absolute atomic E-state index is 0.116. The highest BCUT2D eigenvalue weighted by atomic mass is 32.2. The molecule has 5 aromatic rings. The number of unbranched alkanes of at least 4 members (excludes halogenated alkanes) is 1. The molecule has 0 aliphatic heterocycles. The van der Waals surface area contributed by atoms with Crippen molar-refractivity contribution in [3.8, 4) is 28.3 Å². The molecule has 0 aliphatic carbocycles. The molecule has 57 heavy (non-hydrogen) atoms. The topological polar surface area (TPSA) is 168 Å². The maximum absolute atomic E-state index is 13.8. The van der Waals surface area contributed by atoms with Crippen molar-refractivity contribution in [1.82, 2.24) is 24.9 Å². The van der Waals surface area contributed by atoms with Crippen molar-refractivity contribution in [2.24, 2.45) is 0 Å². The van der Waals surface area contributed by atoms with E-state index in [1.807, 2.05) is 49.4 Å². The number of amides is 2. The van der Waals surface area contributed by atoms with Crippen LogP contribution in [0.4, 0.5) is 0 Å². The number of carboxylic acids is 1. The quantitative estimate of drug-likeness (QED) is 0.0888. The fourth-order valence-electron chi connectivity index (χ4n) is 5.85. The fraction of sp³-hybridized carbons (Fsp3) is 0.326. The maximum Gasteiger partial charge on any atom is 0.325 e. The van der Waals surface area contributed by atoms with Gasteiger partial charge in [0, 0.05) is 47.9 Å². The van der Waals surface area contributed by atoms with Crippen molar-refractivity contribution in [1.29, 1.82) is 0 Å². The van der Waals surface area contributed by atoms with Crippen LogP contribution in [0.1, 0.15) is 73.1 Å². The SMILES string of the molecule is CCCCN(Cc1ccc(OC)cc1)S(=O)(=O)c1ccc(-c2cnc(-c3ccc(C[C@H](NC(=O)c4ccc(C(C)(C)C)s4)C(=O)N[C@H](C)C(=O)O)cc3)nc2)cc1. The van der Waals surface area contributed by atoms with E-state index in [4.69, 9.17) is 4.74 Å². The Labute approximate surface area is 338 Å². The van der Waals surface area contributed by atoms with Gasteiger partial charge < -0.3 is 20.5 Å². The van der Waals surface area contributed by atoms with Gasteiger partial charge in [-0.2, -0.15) is 4.31 Å². The van der Waals surface area contributed by atoms with Crippen LogP contribution in [0.15, 0.2) is 102 Å². The third-order valence-electron chi connectivity index (χ3n) is 9.33. The number of ether oxygens (including phenoxy) is 1. The Morgan fingerprint density at radius 1 is 0.842 bits per heavy atom. The second-order valence-corrected chi connectivity index (χ2v) is 17.8. The highest BCUT2D eigenvalue weighted by Crippen LogP contribution is 2.30. The van der Waals surface area contributed by atoms with Crippen LogP contribution in [-0.4, -0.2) is 71.3 Å². The Morgan fingerprint density at radius 3 is 2.02 bits per heavy atom. The number of nitrogens with one attached hydrogen (secondary N) is 2. The number of carbonyl (C=O) groups excluding carboxylic acids is 2. The van der Waals surface area contributed by atoms with Gasteiger partial charge in [0.15, 0.2) is 5.82 Å². The molecule has 2 aromatic heterocycles. The summed E-state index contributed by atoms with van der Waals surface area (Å²) >= 11 is 1.35. The molecule has 5 rings (SSSR count). The maximum atomic E-state index is 13.8.